The second kappa shape index (κ2) is 6.68. The van der Waals surface area contributed by atoms with Gasteiger partial charge < -0.3 is 9.64 Å². The highest BCUT2D eigenvalue weighted by atomic mass is 79.9. The van der Waals surface area contributed by atoms with Crippen molar-refractivity contribution in [2.75, 3.05) is 19.7 Å². The van der Waals surface area contributed by atoms with Crippen LogP contribution in [0.2, 0.25) is 0 Å². The van der Waals surface area contributed by atoms with Crippen LogP contribution < -0.4 is 0 Å². The predicted octanol–water partition coefficient (Wildman–Crippen LogP) is 3.54. The van der Waals surface area contributed by atoms with Crippen molar-refractivity contribution in [1.29, 1.82) is 0 Å². The molecule has 18 heavy (non-hydrogen) atoms. The van der Waals surface area contributed by atoms with E-state index in [4.69, 9.17) is 4.74 Å². The molecule has 1 aromatic heterocycles. The van der Waals surface area contributed by atoms with Crippen LogP contribution in [0.3, 0.4) is 0 Å². The monoisotopic (exact) mass is 331 g/mol. The molecule has 0 radical (unpaired) electrons. The molecule has 1 aromatic rings. The quantitative estimate of drug-likeness (QED) is 0.844. The van der Waals surface area contributed by atoms with E-state index < -0.39 is 0 Å². The van der Waals surface area contributed by atoms with Gasteiger partial charge in [-0.25, -0.2) is 0 Å². The molecule has 0 saturated carbocycles. The summed E-state index contributed by atoms with van der Waals surface area (Å²) in [7, 11) is 0. The maximum atomic E-state index is 12.4. The van der Waals surface area contributed by atoms with Gasteiger partial charge in [0.25, 0.3) is 5.91 Å². The minimum absolute atomic E-state index is 0.127. The van der Waals surface area contributed by atoms with Gasteiger partial charge in [-0.2, -0.15) is 0 Å². The van der Waals surface area contributed by atoms with Crippen LogP contribution in [0.1, 0.15) is 35.9 Å². The summed E-state index contributed by atoms with van der Waals surface area (Å²) in [6.45, 7) is 4.46. The van der Waals surface area contributed by atoms with Crippen LogP contribution in [0.5, 0.6) is 0 Å². The minimum atomic E-state index is 0.127. The second-order valence-corrected chi connectivity index (χ2v) is 6.25. The lowest BCUT2D eigenvalue weighted by Crippen LogP contribution is -2.43. The average Bonchev–Trinajstić information content (AvgIpc) is 2.82. The molecule has 0 aliphatic carbocycles. The minimum Gasteiger partial charge on any atom is -0.376 e. The maximum absolute atomic E-state index is 12.4. The molecule has 5 heteroatoms. The lowest BCUT2D eigenvalue weighted by molar-refractivity contribution is 0.00224. The molecule has 100 valence electrons. The standard InChI is InChI=1S/C13H18BrNO2S/c1-2-7-17-10-4-3-6-15(9-10)13(16)12-11(14)5-8-18-12/h5,8,10H,2-4,6-7,9H2,1H3. The predicted molar refractivity (Wildman–Crippen MR) is 77.2 cm³/mol. The van der Waals surface area contributed by atoms with E-state index in [0.29, 0.717) is 0 Å². The highest BCUT2D eigenvalue weighted by Crippen LogP contribution is 2.26. The molecule has 1 saturated heterocycles. The zero-order chi connectivity index (χ0) is 13.0. The van der Waals surface area contributed by atoms with Crippen LogP contribution in [0.25, 0.3) is 0 Å². The second-order valence-electron chi connectivity index (χ2n) is 4.48. The maximum Gasteiger partial charge on any atom is 0.265 e. The van der Waals surface area contributed by atoms with Crippen molar-refractivity contribution in [3.05, 3.63) is 20.8 Å². The Labute approximate surface area is 120 Å². The van der Waals surface area contributed by atoms with Gasteiger partial charge in [0, 0.05) is 24.2 Å². The fourth-order valence-electron chi connectivity index (χ4n) is 2.13. The summed E-state index contributed by atoms with van der Waals surface area (Å²) in [6.07, 6.45) is 3.33. The molecule has 3 nitrogen and oxygen atoms in total. The summed E-state index contributed by atoms with van der Waals surface area (Å²) in [6, 6.07) is 1.92. The van der Waals surface area contributed by atoms with Gasteiger partial charge in [-0.15, -0.1) is 11.3 Å². The third-order valence-electron chi connectivity index (χ3n) is 3.03. The Balaban J connectivity index is 1.96. The van der Waals surface area contributed by atoms with E-state index in [0.717, 1.165) is 48.3 Å². The van der Waals surface area contributed by atoms with Crippen LogP contribution in [-0.4, -0.2) is 36.6 Å². The van der Waals surface area contributed by atoms with E-state index in [1.807, 2.05) is 16.3 Å². The molecule has 1 aliphatic heterocycles. The zero-order valence-corrected chi connectivity index (χ0v) is 12.9. The van der Waals surface area contributed by atoms with Crippen molar-refractivity contribution in [3.8, 4) is 0 Å². The number of halogens is 1. The lowest BCUT2D eigenvalue weighted by atomic mass is 10.1. The zero-order valence-electron chi connectivity index (χ0n) is 10.5. The first-order chi connectivity index (χ1) is 8.72. The summed E-state index contributed by atoms with van der Waals surface area (Å²) >= 11 is 4.91. The van der Waals surface area contributed by atoms with E-state index >= 15 is 0 Å². The number of hydrogen-bond acceptors (Lipinski definition) is 3. The Morgan fingerprint density at radius 2 is 2.50 bits per heavy atom. The Morgan fingerprint density at radius 3 is 3.17 bits per heavy atom. The summed E-state index contributed by atoms with van der Waals surface area (Å²) in [5.74, 6) is 0.127. The number of amides is 1. The molecule has 1 amide bonds. The number of ether oxygens (including phenoxy) is 1. The summed E-state index contributed by atoms with van der Waals surface area (Å²) < 4.78 is 6.66. The highest BCUT2D eigenvalue weighted by Gasteiger charge is 2.26. The Morgan fingerprint density at radius 1 is 1.67 bits per heavy atom. The van der Waals surface area contributed by atoms with E-state index in [9.17, 15) is 4.79 Å². The molecule has 0 bridgehead atoms. The molecule has 1 aliphatic rings. The number of rotatable bonds is 4. The molecule has 2 heterocycles. The molecular formula is C13H18BrNO2S. The van der Waals surface area contributed by atoms with E-state index in [1.54, 1.807) is 0 Å². The van der Waals surface area contributed by atoms with E-state index in [-0.39, 0.29) is 12.0 Å². The molecule has 1 fully saturated rings. The third-order valence-corrected chi connectivity index (χ3v) is 4.86. The highest BCUT2D eigenvalue weighted by molar-refractivity contribution is 9.10. The largest absolute Gasteiger partial charge is 0.376 e. The van der Waals surface area contributed by atoms with Crippen LogP contribution in [0.15, 0.2) is 15.9 Å². The normalized spacial score (nSPS) is 20.1. The summed E-state index contributed by atoms with van der Waals surface area (Å²) in [5.41, 5.74) is 0. The van der Waals surface area contributed by atoms with Gasteiger partial charge in [-0.05, 0) is 46.6 Å². The van der Waals surface area contributed by atoms with E-state index in [2.05, 4.69) is 22.9 Å². The number of piperidine rings is 1. The van der Waals surface area contributed by atoms with Crippen molar-refractivity contribution in [3.63, 3.8) is 0 Å². The van der Waals surface area contributed by atoms with Gasteiger partial charge in [0.1, 0.15) is 4.88 Å². The van der Waals surface area contributed by atoms with Gasteiger partial charge in [0.2, 0.25) is 0 Å². The Hall–Kier alpha value is -0.390. The van der Waals surface area contributed by atoms with Gasteiger partial charge in [-0.1, -0.05) is 6.92 Å². The van der Waals surface area contributed by atoms with Crippen LogP contribution >= 0.6 is 27.3 Å². The fourth-order valence-corrected chi connectivity index (χ4v) is 3.64. The molecule has 2 rings (SSSR count). The number of likely N-dealkylation sites (tertiary alicyclic amines) is 1. The van der Waals surface area contributed by atoms with E-state index in [1.165, 1.54) is 11.3 Å². The summed E-state index contributed by atoms with van der Waals surface area (Å²) in [5, 5.41) is 1.94. The number of carbonyl (C=O) groups excluding carboxylic acids is 1. The number of carbonyl (C=O) groups is 1. The lowest BCUT2D eigenvalue weighted by Gasteiger charge is -2.32. The number of thiophene rings is 1. The van der Waals surface area contributed by atoms with Crippen molar-refractivity contribution in [2.24, 2.45) is 0 Å². The molecular weight excluding hydrogens is 314 g/mol. The van der Waals surface area contributed by atoms with Crippen LogP contribution in [-0.2, 0) is 4.74 Å². The van der Waals surface area contributed by atoms with Crippen LogP contribution in [0.4, 0.5) is 0 Å². The molecule has 0 N–H and O–H groups in total. The molecule has 1 atom stereocenters. The van der Waals surface area contributed by atoms with Crippen molar-refractivity contribution >= 4 is 33.2 Å². The first-order valence-corrected chi connectivity index (χ1v) is 8.03. The fraction of sp³-hybridized carbons (Fsp3) is 0.615. The van der Waals surface area contributed by atoms with Gasteiger partial charge >= 0.3 is 0 Å². The van der Waals surface area contributed by atoms with Gasteiger partial charge in [-0.3, -0.25) is 4.79 Å². The topological polar surface area (TPSA) is 29.5 Å². The van der Waals surface area contributed by atoms with Crippen molar-refractivity contribution in [1.82, 2.24) is 4.90 Å². The Kier molecular flexibility index (Phi) is 5.21. The Bertz CT molecular complexity index is 407. The molecule has 0 spiro atoms. The van der Waals surface area contributed by atoms with Crippen molar-refractivity contribution in [2.45, 2.75) is 32.3 Å². The number of hydrogen-bond donors (Lipinski definition) is 0. The summed E-state index contributed by atoms with van der Waals surface area (Å²) in [4.78, 5) is 15.1. The third kappa shape index (κ3) is 3.33. The SMILES string of the molecule is CCCOC1CCCN(C(=O)c2sccc2Br)C1. The van der Waals surface area contributed by atoms with Gasteiger partial charge in [0.15, 0.2) is 0 Å². The smallest absolute Gasteiger partial charge is 0.265 e. The molecule has 1 unspecified atom stereocenters. The van der Waals surface area contributed by atoms with Crippen molar-refractivity contribution < 1.29 is 9.53 Å². The van der Waals surface area contributed by atoms with Crippen LogP contribution in [0, 0.1) is 0 Å². The van der Waals surface area contributed by atoms with Gasteiger partial charge in [0.05, 0.1) is 6.10 Å². The number of nitrogens with zero attached hydrogens (tertiary/aromatic N) is 1. The average molecular weight is 332 g/mol. The molecule has 0 aromatic carbocycles. The first kappa shape index (κ1) is 14.0. The first-order valence-electron chi connectivity index (χ1n) is 6.36.